The number of phosphoric acid groups is 1. The first-order chi connectivity index (χ1) is 38.0. The van der Waals surface area contributed by atoms with Gasteiger partial charge in [0.2, 0.25) is 0 Å². The van der Waals surface area contributed by atoms with Crippen LogP contribution in [0.15, 0.2) is 194 Å². The molecule has 0 aromatic rings. The van der Waals surface area contributed by atoms with E-state index in [0.29, 0.717) is 23.9 Å². The third-order valence-electron chi connectivity index (χ3n) is 11.1. The van der Waals surface area contributed by atoms with Crippen molar-refractivity contribution in [3.05, 3.63) is 194 Å². The summed E-state index contributed by atoms with van der Waals surface area (Å²) in [5.41, 5.74) is 0. The van der Waals surface area contributed by atoms with Gasteiger partial charge in [-0.15, -0.1) is 0 Å². The Kier molecular flexibility index (Phi) is 52.8. The van der Waals surface area contributed by atoms with Crippen molar-refractivity contribution in [2.24, 2.45) is 0 Å². The zero-order valence-electron chi connectivity index (χ0n) is 49.0. The number of phosphoric ester groups is 1. The molecule has 2 atom stereocenters. The van der Waals surface area contributed by atoms with E-state index in [9.17, 15) is 19.0 Å². The molecule has 0 amide bonds. The molecule has 10 heteroatoms. The molecule has 0 N–H and O–H groups in total. The normalized spacial score (nSPS) is 14.7. The Bertz CT molecular complexity index is 2010. The van der Waals surface area contributed by atoms with E-state index < -0.39 is 32.5 Å². The van der Waals surface area contributed by atoms with E-state index >= 15 is 0 Å². The summed E-state index contributed by atoms with van der Waals surface area (Å²) < 4.78 is 34.0. The lowest BCUT2D eigenvalue weighted by Crippen LogP contribution is -2.37. The van der Waals surface area contributed by atoms with Crippen LogP contribution >= 0.6 is 7.82 Å². The standard InChI is InChI=1S/C68H104NO8P/c1-6-8-10-12-14-16-18-20-22-24-26-28-30-32-34-36-38-40-42-44-46-48-50-52-54-56-58-60-67(70)74-64-66(65-76-78(72,73)75-63-62-69(3,4)5)77-68(71)61-59-57-55-53-51-49-47-45-43-41-39-37-35-33-31-29-27-25-23-21-19-17-15-13-11-9-7-2/h8-11,14-17,20-23,26-29,32-35,38-41,44-47,50-53,66H,6-7,12-13,18-19,24-25,30-31,36-37,42-43,48-49,54-65H2,1-5H3/b10-8-,11-9-,16-14-,17-15-,22-20-,23-21-,28-26-,29-27-,34-32-,35-33-,40-38-,41-39-,46-44-,47-45-,52-50-,53-51-. The molecule has 0 saturated carbocycles. The van der Waals surface area contributed by atoms with Crippen LogP contribution in [0.4, 0.5) is 0 Å². The lowest BCUT2D eigenvalue weighted by atomic mass is 10.1. The van der Waals surface area contributed by atoms with Crippen LogP contribution in [0.5, 0.6) is 0 Å². The predicted octanol–water partition coefficient (Wildman–Crippen LogP) is 18.0. The van der Waals surface area contributed by atoms with Crippen LogP contribution in [-0.4, -0.2) is 70.0 Å². The van der Waals surface area contributed by atoms with E-state index in [0.717, 1.165) is 128 Å². The smallest absolute Gasteiger partial charge is 0.306 e. The first-order valence-corrected chi connectivity index (χ1v) is 30.6. The van der Waals surface area contributed by atoms with Gasteiger partial charge >= 0.3 is 11.9 Å². The molecule has 0 spiro atoms. The molecule has 0 rings (SSSR count). The monoisotopic (exact) mass is 1090 g/mol. The van der Waals surface area contributed by atoms with Gasteiger partial charge in [-0.1, -0.05) is 208 Å². The SMILES string of the molecule is CC/C=C\C/C=C\C/C=C\C/C=C\C/C=C\C/C=C\C/C=C\C/C=C\CCCCC(=O)OCC(COP(=O)([O-])OCC[N+](C)(C)C)OC(=O)CCCC/C=C\C/C=C\C/C=C\C/C=C\C/C=C\C/C=C\C/C=C\C/C=C\CC. The van der Waals surface area contributed by atoms with Crippen molar-refractivity contribution in [2.45, 2.75) is 174 Å². The maximum absolute atomic E-state index is 12.8. The highest BCUT2D eigenvalue weighted by Gasteiger charge is 2.21. The molecule has 0 aromatic carbocycles. The molecule has 9 nitrogen and oxygen atoms in total. The summed E-state index contributed by atoms with van der Waals surface area (Å²) in [6.45, 7) is 3.86. The average Bonchev–Trinajstić information content (AvgIpc) is 3.41. The van der Waals surface area contributed by atoms with Crippen LogP contribution in [0.25, 0.3) is 0 Å². The second kappa shape index (κ2) is 56.6. The van der Waals surface area contributed by atoms with Crippen LogP contribution in [0.2, 0.25) is 0 Å². The summed E-state index contributed by atoms with van der Waals surface area (Å²) in [5.74, 6) is -0.958. The number of allylic oxidation sites excluding steroid dienone is 32. The first-order valence-electron chi connectivity index (χ1n) is 29.1. The van der Waals surface area contributed by atoms with E-state index in [4.69, 9.17) is 18.5 Å². The number of hydrogen-bond donors (Lipinski definition) is 0. The molecule has 434 valence electrons. The molecular weight excluding hydrogens is 990 g/mol. The minimum absolute atomic E-state index is 0.0598. The summed E-state index contributed by atoms with van der Waals surface area (Å²) in [4.78, 5) is 37.9. The number of carbonyl (C=O) groups excluding carboxylic acids is 2. The fourth-order valence-corrected chi connectivity index (χ4v) is 7.41. The molecule has 0 aliphatic rings. The van der Waals surface area contributed by atoms with Crippen molar-refractivity contribution in [1.29, 1.82) is 0 Å². The fourth-order valence-electron chi connectivity index (χ4n) is 6.68. The number of hydrogen-bond acceptors (Lipinski definition) is 8. The zero-order valence-corrected chi connectivity index (χ0v) is 49.9. The third kappa shape index (κ3) is 60.1. The van der Waals surface area contributed by atoms with Crippen molar-refractivity contribution >= 4 is 19.8 Å². The fraction of sp³-hybridized carbons (Fsp3) is 0.500. The molecule has 0 aliphatic heterocycles. The van der Waals surface area contributed by atoms with E-state index in [2.05, 4.69) is 208 Å². The molecule has 0 bridgehead atoms. The van der Waals surface area contributed by atoms with Crippen LogP contribution < -0.4 is 4.89 Å². The van der Waals surface area contributed by atoms with Crippen LogP contribution in [0.3, 0.4) is 0 Å². The Hall–Kier alpha value is -5.15. The number of nitrogens with zero attached hydrogens (tertiary/aromatic N) is 1. The predicted molar refractivity (Wildman–Crippen MR) is 332 cm³/mol. The highest BCUT2D eigenvalue weighted by atomic mass is 31.2. The highest BCUT2D eigenvalue weighted by molar-refractivity contribution is 7.45. The number of rotatable bonds is 50. The van der Waals surface area contributed by atoms with Crippen LogP contribution in [0, 0.1) is 0 Å². The summed E-state index contributed by atoms with van der Waals surface area (Å²) in [6, 6.07) is 0. The van der Waals surface area contributed by atoms with Crippen LogP contribution in [-0.2, 0) is 32.7 Å². The molecule has 0 radical (unpaired) electrons. The van der Waals surface area contributed by atoms with E-state index in [1.54, 1.807) is 0 Å². The van der Waals surface area contributed by atoms with E-state index in [-0.39, 0.29) is 26.1 Å². The molecule has 0 heterocycles. The second-order valence-electron chi connectivity index (χ2n) is 19.5. The Morgan fingerprint density at radius 1 is 0.397 bits per heavy atom. The van der Waals surface area contributed by atoms with Crippen molar-refractivity contribution < 1.29 is 42.1 Å². The van der Waals surface area contributed by atoms with Gasteiger partial charge in [0.05, 0.1) is 27.7 Å². The van der Waals surface area contributed by atoms with Gasteiger partial charge in [0.1, 0.15) is 19.8 Å². The molecule has 0 aliphatic carbocycles. The van der Waals surface area contributed by atoms with Gasteiger partial charge in [0.15, 0.2) is 6.10 Å². The molecule has 0 aromatic heterocycles. The Balaban J connectivity index is 4.42. The van der Waals surface area contributed by atoms with Crippen molar-refractivity contribution in [2.75, 3.05) is 47.5 Å². The summed E-state index contributed by atoms with van der Waals surface area (Å²) in [5, 5.41) is 0. The summed E-state index contributed by atoms with van der Waals surface area (Å²) in [7, 11) is 1.07. The number of ether oxygens (including phenoxy) is 2. The van der Waals surface area contributed by atoms with Gasteiger partial charge in [-0.05, 0) is 141 Å². The van der Waals surface area contributed by atoms with E-state index in [1.165, 1.54) is 0 Å². The number of carbonyl (C=O) groups is 2. The van der Waals surface area contributed by atoms with Crippen molar-refractivity contribution in [1.82, 2.24) is 0 Å². The van der Waals surface area contributed by atoms with Gasteiger partial charge in [0.25, 0.3) is 7.82 Å². The zero-order chi connectivity index (χ0) is 57.0. The Morgan fingerprint density at radius 2 is 0.679 bits per heavy atom. The number of esters is 2. The number of quaternary nitrogens is 1. The van der Waals surface area contributed by atoms with Crippen LogP contribution in [0.1, 0.15) is 168 Å². The maximum atomic E-state index is 12.8. The van der Waals surface area contributed by atoms with Gasteiger partial charge in [-0.3, -0.25) is 14.2 Å². The number of unbranched alkanes of at least 4 members (excludes halogenated alkanes) is 4. The Labute approximate surface area is 475 Å². The van der Waals surface area contributed by atoms with Gasteiger partial charge in [0, 0.05) is 12.8 Å². The van der Waals surface area contributed by atoms with Gasteiger partial charge in [-0.2, -0.15) is 0 Å². The van der Waals surface area contributed by atoms with Crippen molar-refractivity contribution in [3.8, 4) is 0 Å². The molecule has 2 unspecified atom stereocenters. The lowest BCUT2D eigenvalue weighted by molar-refractivity contribution is -0.870. The topological polar surface area (TPSA) is 111 Å². The minimum Gasteiger partial charge on any atom is -0.756 e. The molecule has 0 fully saturated rings. The second-order valence-corrected chi connectivity index (χ2v) is 20.9. The molecular formula is C68H104NO8P. The largest absolute Gasteiger partial charge is 0.756 e. The minimum atomic E-state index is -4.68. The molecule has 0 saturated heterocycles. The highest BCUT2D eigenvalue weighted by Crippen LogP contribution is 2.38. The quantitative estimate of drug-likeness (QED) is 0.0195. The third-order valence-corrected chi connectivity index (χ3v) is 12.1. The summed E-state index contributed by atoms with van der Waals surface area (Å²) in [6.07, 6.45) is 89.1. The lowest BCUT2D eigenvalue weighted by Gasteiger charge is -2.28. The van der Waals surface area contributed by atoms with Gasteiger partial charge in [-0.25, -0.2) is 0 Å². The summed E-state index contributed by atoms with van der Waals surface area (Å²) >= 11 is 0. The van der Waals surface area contributed by atoms with Crippen molar-refractivity contribution in [3.63, 3.8) is 0 Å². The number of likely N-dealkylation sites (N-methyl/N-ethyl adjacent to an activating group) is 1. The first kappa shape index (κ1) is 72.8. The van der Waals surface area contributed by atoms with E-state index in [1.807, 2.05) is 21.1 Å². The molecule has 78 heavy (non-hydrogen) atoms. The maximum Gasteiger partial charge on any atom is 0.306 e. The Morgan fingerprint density at radius 3 is 0.974 bits per heavy atom. The van der Waals surface area contributed by atoms with Gasteiger partial charge < -0.3 is 27.9 Å². The average molecular weight is 1090 g/mol.